The average molecular weight is 373 g/mol. The third-order valence-corrected chi connectivity index (χ3v) is 4.59. The van der Waals surface area contributed by atoms with Gasteiger partial charge in [-0.25, -0.2) is 0 Å². The molecule has 20 heavy (non-hydrogen) atoms. The molecule has 2 atom stereocenters. The van der Waals surface area contributed by atoms with Crippen LogP contribution in [0.3, 0.4) is 0 Å². The van der Waals surface area contributed by atoms with Crippen molar-refractivity contribution in [2.24, 2.45) is 0 Å². The third-order valence-electron chi connectivity index (χ3n) is 3.30. The maximum atomic E-state index is 6.25. The van der Waals surface area contributed by atoms with Gasteiger partial charge in [-0.15, -0.1) is 0 Å². The Hall–Kier alpha value is -0.540. The lowest BCUT2D eigenvalue weighted by atomic mass is 10.0. The second kappa shape index (κ2) is 6.95. The highest BCUT2D eigenvalue weighted by atomic mass is 79.9. The lowest BCUT2D eigenvalue weighted by Crippen LogP contribution is -2.23. The van der Waals surface area contributed by atoms with E-state index in [2.05, 4.69) is 41.2 Å². The van der Waals surface area contributed by atoms with Gasteiger partial charge in [0.05, 0.1) is 0 Å². The van der Waals surface area contributed by atoms with Crippen LogP contribution in [0.15, 0.2) is 46.9 Å². The summed E-state index contributed by atoms with van der Waals surface area (Å²) in [6.07, 6.45) is 0. The van der Waals surface area contributed by atoms with Gasteiger partial charge in [-0.1, -0.05) is 63.4 Å². The molecule has 106 valence electrons. The first kappa shape index (κ1) is 15.8. The van der Waals surface area contributed by atoms with E-state index in [4.69, 9.17) is 23.2 Å². The Morgan fingerprint density at radius 3 is 2.25 bits per heavy atom. The van der Waals surface area contributed by atoms with Gasteiger partial charge in [-0.3, -0.25) is 0 Å². The van der Waals surface area contributed by atoms with Crippen LogP contribution in [0.4, 0.5) is 0 Å². The van der Waals surface area contributed by atoms with Crippen molar-refractivity contribution in [3.05, 3.63) is 68.1 Å². The van der Waals surface area contributed by atoms with Crippen LogP contribution in [0.2, 0.25) is 10.0 Å². The zero-order valence-electron chi connectivity index (χ0n) is 11.3. The number of nitrogens with one attached hydrogen (secondary N) is 1. The fourth-order valence-corrected chi connectivity index (χ4v) is 3.43. The highest BCUT2D eigenvalue weighted by Crippen LogP contribution is 2.29. The quantitative estimate of drug-likeness (QED) is 0.676. The fourth-order valence-electron chi connectivity index (χ4n) is 2.23. The maximum Gasteiger partial charge on any atom is 0.0468 e. The summed E-state index contributed by atoms with van der Waals surface area (Å²) in [6, 6.07) is 14.2. The van der Waals surface area contributed by atoms with Crippen molar-refractivity contribution in [3.8, 4) is 0 Å². The molecule has 0 radical (unpaired) electrons. The van der Waals surface area contributed by atoms with Crippen molar-refractivity contribution in [2.45, 2.75) is 25.9 Å². The Labute approximate surface area is 138 Å². The van der Waals surface area contributed by atoms with Gasteiger partial charge in [0.15, 0.2) is 0 Å². The Morgan fingerprint density at radius 1 is 0.950 bits per heavy atom. The van der Waals surface area contributed by atoms with E-state index in [0.717, 1.165) is 10.0 Å². The van der Waals surface area contributed by atoms with E-state index < -0.39 is 0 Å². The summed E-state index contributed by atoms with van der Waals surface area (Å²) in [5.41, 5.74) is 2.28. The molecule has 0 saturated heterocycles. The summed E-state index contributed by atoms with van der Waals surface area (Å²) in [5.74, 6) is 0. The predicted molar refractivity (Wildman–Crippen MR) is 90.6 cm³/mol. The second-order valence-electron chi connectivity index (χ2n) is 4.80. The molecular formula is C16H16BrCl2N. The van der Waals surface area contributed by atoms with Crippen molar-refractivity contribution in [1.82, 2.24) is 5.32 Å². The first-order valence-corrected chi connectivity index (χ1v) is 7.99. The van der Waals surface area contributed by atoms with Gasteiger partial charge >= 0.3 is 0 Å². The number of rotatable bonds is 4. The topological polar surface area (TPSA) is 12.0 Å². The molecule has 0 aliphatic rings. The molecule has 0 aromatic heterocycles. The summed E-state index contributed by atoms with van der Waals surface area (Å²) >= 11 is 15.8. The van der Waals surface area contributed by atoms with Crippen LogP contribution < -0.4 is 5.32 Å². The van der Waals surface area contributed by atoms with Crippen LogP contribution in [0.1, 0.15) is 37.1 Å². The van der Waals surface area contributed by atoms with Crippen LogP contribution in [0.5, 0.6) is 0 Å². The Morgan fingerprint density at radius 2 is 1.60 bits per heavy atom. The van der Waals surface area contributed by atoms with Crippen molar-refractivity contribution < 1.29 is 0 Å². The summed E-state index contributed by atoms with van der Waals surface area (Å²) in [5, 5.41) is 4.90. The molecule has 2 aromatic carbocycles. The zero-order valence-corrected chi connectivity index (χ0v) is 14.4. The molecule has 0 heterocycles. The van der Waals surface area contributed by atoms with Gasteiger partial charge in [0, 0.05) is 26.6 Å². The van der Waals surface area contributed by atoms with E-state index in [1.54, 1.807) is 6.07 Å². The molecule has 1 N–H and O–H groups in total. The number of hydrogen-bond donors (Lipinski definition) is 1. The van der Waals surface area contributed by atoms with Crippen molar-refractivity contribution in [1.29, 1.82) is 0 Å². The smallest absolute Gasteiger partial charge is 0.0468 e. The molecule has 0 amide bonds. The standard InChI is InChI=1S/C16H16BrCl2N/c1-10(13-5-3-4-6-15(13)17)20-11(2)14-8-7-12(18)9-16(14)19/h3-11,20H,1-2H3. The largest absolute Gasteiger partial charge is 0.304 e. The van der Waals surface area contributed by atoms with E-state index in [-0.39, 0.29) is 12.1 Å². The first-order chi connectivity index (χ1) is 9.49. The minimum absolute atomic E-state index is 0.141. The molecule has 2 rings (SSSR count). The SMILES string of the molecule is CC(NC(C)c1ccccc1Br)c1ccc(Cl)cc1Cl. The molecule has 0 fully saturated rings. The molecule has 1 nitrogen and oxygen atoms in total. The minimum Gasteiger partial charge on any atom is -0.304 e. The molecule has 0 aliphatic heterocycles. The number of halogens is 3. The second-order valence-corrected chi connectivity index (χ2v) is 6.50. The highest BCUT2D eigenvalue weighted by Gasteiger charge is 2.15. The molecule has 2 unspecified atom stereocenters. The molecule has 0 bridgehead atoms. The monoisotopic (exact) mass is 371 g/mol. The normalized spacial score (nSPS) is 14.1. The van der Waals surface area contributed by atoms with Crippen LogP contribution in [-0.2, 0) is 0 Å². The third kappa shape index (κ3) is 3.76. The van der Waals surface area contributed by atoms with Gasteiger partial charge in [-0.2, -0.15) is 0 Å². The van der Waals surface area contributed by atoms with E-state index >= 15 is 0 Å². The maximum absolute atomic E-state index is 6.25. The van der Waals surface area contributed by atoms with Crippen LogP contribution in [0.25, 0.3) is 0 Å². The van der Waals surface area contributed by atoms with Gasteiger partial charge < -0.3 is 5.32 Å². The van der Waals surface area contributed by atoms with E-state index in [0.29, 0.717) is 10.0 Å². The van der Waals surface area contributed by atoms with Gasteiger partial charge in [0.1, 0.15) is 0 Å². The van der Waals surface area contributed by atoms with Crippen LogP contribution in [0, 0.1) is 0 Å². The predicted octanol–water partition coefficient (Wildman–Crippen LogP) is 6.17. The van der Waals surface area contributed by atoms with Crippen molar-refractivity contribution in [2.75, 3.05) is 0 Å². The Balaban J connectivity index is 2.15. The van der Waals surface area contributed by atoms with Gasteiger partial charge in [0.2, 0.25) is 0 Å². The molecule has 4 heteroatoms. The zero-order chi connectivity index (χ0) is 14.7. The molecule has 0 saturated carbocycles. The average Bonchev–Trinajstić information content (AvgIpc) is 2.38. The Bertz CT molecular complexity index is 601. The lowest BCUT2D eigenvalue weighted by Gasteiger charge is -2.22. The van der Waals surface area contributed by atoms with Crippen molar-refractivity contribution in [3.63, 3.8) is 0 Å². The van der Waals surface area contributed by atoms with E-state index in [9.17, 15) is 0 Å². The van der Waals surface area contributed by atoms with Crippen LogP contribution >= 0.6 is 39.1 Å². The summed E-state index contributed by atoms with van der Waals surface area (Å²) in [7, 11) is 0. The molecule has 2 aromatic rings. The van der Waals surface area contributed by atoms with Gasteiger partial charge in [0.25, 0.3) is 0 Å². The minimum atomic E-state index is 0.141. The fraction of sp³-hybridized carbons (Fsp3) is 0.250. The van der Waals surface area contributed by atoms with Gasteiger partial charge in [-0.05, 0) is 43.2 Å². The molecule has 0 spiro atoms. The summed E-state index contributed by atoms with van der Waals surface area (Å²) in [6.45, 7) is 4.24. The van der Waals surface area contributed by atoms with E-state index in [1.807, 2.05) is 30.3 Å². The van der Waals surface area contributed by atoms with Crippen molar-refractivity contribution >= 4 is 39.1 Å². The summed E-state index contributed by atoms with van der Waals surface area (Å²) < 4.78 is 1.11. The van der Waals surface area contributed by atoms with Crippen LogP contribution in [-0.4, -0.2) is 0 Å². The first-order valence-electron chi connectivity index (χ1n) is 6.44. The molecular weight excluding hydrogens is 357 g/mol. The molecule has 0 aliphatic carbocycles. The highest BCUT2D eigenvalue weighted by molar-refractivity contribution is 9.10. The Kier molecular flexibility index (Phi) is 5.50. The number of benzene rings is 2. The summed E-state index contributed by atoms with van der Waals surface area (Å²) in [4.78, 5) is 0. The van der Waals surface area contributed by atoms with E-state index in [1.165, 1.54) is 5.56 Å². The number of hydrogen-bond acceptors (Lipinski definition) is 1. The lowest BCUT2D eigenvalue weighted by molar-refractivity contribution is 0.493.